The summed E-state index contributed by atoms with van der Waals surface area (Å²) >= 11 is 0. The van der Waals surface area contributed by atoms with Crippen molar-refractivity contribution in [3.8, 4) is 11.5 Å². The molecular weight excluding hydrogens is 226 g/mol. The van der Waals surface area contributed by atoms with Crippen LogP contribution in [0.5, 0.6) is 11.5 Å². The van der Waals surface area contributed by atoms with Gasteiger partial charge in [0.1, 0.15) is 12.7 Å². The average Bonchev–Trinajstić information content (AvgIpc) is 2.92. The second kappa shape index (κ2) is 5.61. The number of nitrogens with zero attached hydrogens (tertiary/aromatic N) is 1. The number of benzene rings is 1. The topological polar surface area (TPSA) is 21.7 Å². The molecule has 0 aromatic heterocycles. The Labute approximate surface area is 109 Å². The van der Waals surface area contributed by atoms with E-state index in [0.29, 0.717) is 6.61 Å². The molecule has 1 fully saturated rings. The number of ether oxygens (including phenoxy) is 2. The van der Waals surface area contributed by atoms with E-state index in [1.807, 2.05) is 24.3 Å². The predicted molar refractivity (Wildman–Crippen MR) is 71.3 cm³/mol. The summed E-state index contributed by atoms with van der Waals surface area (Å²) in [6.07, 6.45) is 5.26. The SMILES string of the molecule is c1ccc2c(c1)OCC(CCCN1CCCC1)O2. The van der Waals surface area contributed by atoms with Gasteiger partial charge in [0.15, 0.2) is 11.5 Å². The zero-order valence-corrected chi connectivity index (χ0v) is 10.8. The molecule has 1 saturated heterocycles. The minimum absolute atomic E-state index is 0.225. The van der Waals surface area contributed by atoms with Crippen molar-refractivity contribution in [2.75, 3.05) is 26.2 Å². The van der Waals surface area contributed by atoms with E-state index in [9.17, 15) is 0 Å². The summed E-state index contributed by atoms with van der Waals surface area (Å²) in [6.45, 7) is 4.47. The third-order valence-electron chi connectivity index (χ3n) is 3.77. The van der Waals surface area contributed by atoms with Crippen molar-refractivity contribution in [1.29, 1.82) is 0 Å². The molecule has 1 atom stereocenters. The smallest absolute Gasteiger partial charge is 0.161 e. The van der Waals surface area contributed by atoms with Crippen LogP contribution in [0.3, 0.4) is 0 Å². The van der Waals surface area contributed by atoms with Gasteiger partial charge in [0, 0.05) is 0 Å². The molecule has 0 bridgehead atoms. The second-order valence-electron chi connectivity index (χ2n) is 5.19. The first-order chi connectivity index (χ1) is 8.92. The van der Waals surface area contributed by atoms with Gasteiger partial charge in [0.05, 0.1) is 0 Å². The van der Waals surface area contributed by atoms with Crippen LogP contribution in [0.2, 0.25) is 0 Å². The van der Waals surface area contributed by atoms with E-state index in [2.05, 4.69) is 4.90 Å². The lowest BCUT2D eigenvalue weighted by molar-refractivity contribution is 0.0812. The highest BCUT2D eigenvalue weighted by atomic mass is 16.6. The Morgan fingerprint density at radius 3 is 2.72 bits per heavy atom. The van der Waals surface area contributed by atoms with Gasteiger partial charge in [-0.25, -0.2) is 0 Å². The van der Waals surface area contributed by atoms with Crippen LogP contribution in [-0.2, 0) is 0 Å². The summed E-state index contributed by atoms with van der Waals surface area (Å²) in [7, 11) is 0. The number of likely N-dealkylation sites (tertiary alicyclic amines) is 1. The van der Waals surface area contributed by atoms with Crippen molar-refractivity contribution in [3.05, 3.63) is 24.3 Å². The van der Waals surface area contributed by atoms with Crippen LogP contribution in [0.15, 0.2) is 24.3 Å². The fourth-order valence-electron chi connectivity index (χ4n) is 2.75. The molecule has 98 valence electrons. The van der Waals surface area contributed by atoms with Crippen LogP contribution in [0.25, 0.3) is 0 Å². The van der Waals surface area contributed by atoms with Crippen molar-refractivity contribution in [3.63, 3.8) is 0 Å². The number of hydrogen-bond acceptors (Lipinski definition) is 3. The Bertz CT molecular complexity index is 388. The lowest BCUT2D eigenvalue weighted by Crippen LogP contribution is -2.30. The molecule has 0 radical (unpaired) electrons. The molecule has 1 aromatic carbocycles. The van der Waals surface area contributed by atoms with E-state index >= 15 is 0 Å². The first-order valence-corrected chi connectivity index (χ1v) is 7.03. The van der Waals surface area contributed by atoms with E-state index in [4.69, 9.17) is 9.47 Å². The van der Waals surface area contributed by atoms with Gasteiger partial charge >= 0.3 is 0 Å². The Morgan fingerprint density at radius 2 is 1.89 bits per heavy atom. The molecule has 0 amide bonds. The molecule has 1 aromatic rings. The van der Waals surface area contributed by atoms with Gasteiger partial charge in [0.25, 0.3) is 0 Å². The number of fused-ring (bicyclic) bond motifs is 1. The molecule has 1 unspecified atom stereocenters. The molecule has 2 heterocycles. The Hall–Kier alpha value is -1.22. The standard InChI is InChI=1S/C15H21NO2/c1-2-8-15-14(7-1)17-12-13(18-15)6-5-11-16-9-3-4-10-16/h1-2,7-8,13H,3-6,9-12H2. The summed E-state index contributed by atoms with van der Waals surface area (Å²) in [5.41, 5.74) is 0. The third kappa shape index (κ3) is 2.78. The largest absolute Gasteiger partial charge is 0.486 e. The first kappa shape index (κ1) is 11.8. The van der Waals surface area contributed by atoms with Gasteiger partial charge in [-0.3, -0.25) is 0 Å². The Balaban J connectivity index is 1.44. The lowest BCUT2D eigenvalue weighted by atomic mass is 10.1. The van der Waals surface area contributed by atoms with E-state index < -0.39 is 0 Å². The van der Waals surface area contributed by atoms with Crippen LogP contribution in [-0.4, -0.2) is 37.2 Å². The monoisotopic (exact) mass is 247 g/mol. The highest BCUT2D eigenvalue weighted by Crippen LogP contribution is 2.31. The average molecular weight is 247 g/mol. The fourth-order valence-corrected chi connectivity index (χ4v) is 2.75. The third-order valence-corrected chi connectivity index (χ3v) is 3.77. The number of para-hydroxylation sites is 2. The molecule has 0 saturated carbocycles. The minimum atomic E-state index is 0.225. The maximum atomic E-state index is 5.95. The maximum Gasteiger partial charge on any atom is 0.161 e. The highest BCUT2D eigenvalue weighted by molar-refractivity contribution is 5.40. The predicted octanol–water partition coefficient (Wildman–Crippen LogP) is 2.70. The Morgan fingerprint density at radius 1 is 1.11 bits per heavy atom. The van der Waals surface area contributed by atoms with Crippen LogP contribution in [0.4, 0.5) is 0 Å². The Kier molecular flexibility index (Phi) is 3.69. The summed E-state index contributed by atoms with van der Waals surface area (Å²) in [4.78, 5) is 2.55. The van der Waals surface area contributed by atoms with Crippen LogP contribution < -0.4 is 9.47 Å². The molecule has 18 heavy (non-hydrogen) atoms. The minimum Gasteiger partial charge on any atom is -0.486 e. The van der Waals surface area contributed by atoms with Gasteiger partial charge in [-0.15, -0.1) is 0 Å². The van der Waals surface area contributed by atoms with E-state index in [-0.39, 0.29) is 6.10 Å². The maximum absolute atomic E-state index is 5.95. The van der Waals surface area contributed by atoms with E-state index in [0.717, 1.165) is 17.9 Å². The summed E-state index contributed by atoms with van der Waals surface area (Å²) < 4.78 is 11.7. The molecule has 2 aliphatic heterocycles. The fraction of sp³-hybridized carbons (Fsp3) is 0.600. The molecule has 0 spiro atoms. The van der Waals surface area contributed by atoms with Crippen molar-refractivity contribution < 1.29 is 9.47 Å². The molecule has 3 heteroatoms. The van der Waals surface area contributed by atoms with Gasteiger partial charge in [-0.1, -0.05) is 12.1 Å². The van der Waals surface area contributed by atoms with Crippen LogP contribution in [0, 0.1) is 0 Å². The lowest BCUT2D eigenvalue weighted by Gasteiger charge is -2.27. The van der Waals surface area contributed by atoms with Gasteiger partial charge in [0.2, 0.25) is 0 Å². The zero-order chi connectivity index (χ0) is 12.2. The van der Waals surface area contributed by atoms with Crippen molar-refractivity contribution in [1.82, 2.24) is 4.90 Å². The highest BCUT2D eigenvalue weighted by Gasteiger charge is 2.20. The summed E-state index contributed by atoms with van der Waals surface area (Å²) in [6, 6.07) is 7.93. The van der Waals surface area contributed by atoms with Crippen LogP contribution >= 0.6 is 0 Å². The zero-order valence-electron chi connectivity index (χ0n) is 10.8. The van der Waals surface area contributed by atoms with Crippen LogP contribution in [0.1, 0.15) is 25.7 Å². The van der Waals surface area contributed by atoms with Gasteiger partial charge < -0.3 is 14.4 Å². The molecule has 2 aliphatic rings. The van der Waals surface area contributed by atoms with Gasteiger partial charge in [-0.2, -0.15) is 0 Å². The van der Waals surface area contributed by atoms with Crippen molar-refractivity contribution in [2.24, 2.45) is 0 Å². The summed E-state index contributed by atoms with van der Waals surface area (Å²) in [5, 5.41) is 0. The number of hydrogen-bond donors (Lipinski definition) is 0. The molecule has 3 rings (SSSR count). The normalized spacial score (nSPS) is 23.2. The number of rotatable bonds is 4. The molecule has 3 nitrogen and oxygen atoms in total. The second-order valence-corrected chi connectivity index (χ2v) is 5.19. The molecule has 0 aliphatic carbocycles. The molecular formula is C15H21NO2. The van der Waals surface area contributed by atoms with Crippen molar-refractivity contribution >= 4 is 0 Å². The van der Waals surface area contributed by atoms with Crippen molar-refractivity contribution in [2.45, 2.75) is 31.8 Å². The van der Waals surface area contributed by atoms with Gasteiger partial charge in [-0.05, 0) is 57.5 Å². The van der Waals surface area contributed by atoms with E-state index in [1.165, 1.54) is 38.9 Å². The summed E-state index contributed by atoms with van der Waals surface area (Å²) in [5.74, 6) is 1.78. The van der Waals surface area contributed by atoms with E-state index in [1.54, 1.807) is 0 Å². The quantitative estimate of drug-likeness (QED) is 0.816. The first-order valence-electron chi connectivity index (χ1n) is 7.03. The molecule has 0 N–H and O–H groups in total.